The van der Waals surface area contributed by atoms with Crippen molar-refractivity contribution in [3.63, 3.8) is 0 Å². The predicted molar refractivity (Wildman–Crippen MR) is 288 cm³/mol. The molecule has 0 amide bonds. The number of allylic oxidation sites excluding steroid dienone is 4. The minimum atomic E-state index is -0.574. The number of fused-ring (bicyclic) bond motifs is 7. The van der Waals surface area contributed by atoms with E-state index in [1.54, 1.807) is 0 Å². The van der Waals surface area contributed by atoms with E-state index in [2.05, 4.69) is 266 Å². The van der Waals surface area contributed by atoms with Gasteiger partial charge in [0.05, 0.1) is 28.5 Å². The molecule has 70 heavy (non-hydrogen) atoms. The van der Waals surface area contributed by atoms with Crippen molar-refractivity contribution in [1.82, 2.24) is 0 Å². The molecule has 1 atom stereocenters. The molecule has 0 saturated heterocycles. The van der Waals surface area contributed by atoms with Crippen LogP contribution in [0.25, 0.3) is 33.0 Å². The summed E-state index contributed by atoms with van der Waals surface area (Å²) in [5.74, 6) is 1.80. The predicted octanol–water partition coefficient (Wildman–Crippen LogP) is 16.4. The third-order valence-electron chi connectivity index (χ3n) is 15.6. The van der Waals surface area contributed by atoms with Gasteiger partial charge in [-0.3, -0.25) is 4.90 Å². The lowest BCUT2D eigenvalue weighted by Gasteiger charge is -2.39. The van der Waals surface area contributed by atoms with Gasteiger partial charge in [0.25, 0.3) is 0 Å². The van der Waals surface area contributed by atoms with Crippen LogP contribution in [0, 0.1) is 0 Å². The van der Waals surface area contributed by atoms with Crippen LogP contribution >= 0.6 is 0 Å². The maximum absolute atomic E-state index is 7.77. The van der Waals surface area contributed by atoms with Gasteiger partial charge < -0.3 is 9.64 Å². The standard InChI is InChI=1S/C67H48N2O/c1-66(2)55-35-17-15-31-50(55)54-42-49(43-58(54)66)69(59-38-21-37-57-63(59)53-32-16-18-36-56(53)67(57,45-23-7-3-8-24-45)46-25-9-4-10-26-46)61-41-40-44-22-19-33-51-52-34-20-39-60(64(52)70-65(61)62(44)51)68(47-27-11-5-12-28-47)48-29-13-6-14-30-48/h3-38,40-41,43,60H,39H2,1-2H3. The van der Waals surface area contributed by atoms with Crippen molar-refractivity contribution in [2.24, 2.45) is 0 Å². The molecule has 1 unspecified atom stereocenters. The molecular weight excluding hydrogens is 849 g/mol. The second kappa shape index (κ2) is 15.5. The molecule has 0 bridgehead atoms. The fourth-order valence-corrected chi connectivity index (χ4v) is 12.6. The summed E-state index contributed by atoms with van der Waals surface area (Å²) in [7, 11) is 0. The fourth-order valence-electron chi connectivity index (χ4n) is 12.6. The zero-order chi connectivity index (χ0) is 46.6. The molecule has 5 aliphatic rings. The van der Waals surface area contributed by atoms with Crippen LogP contribution in [0.3, 0.4) is 0 Å². The van der Waals surface area contributed by atoms with Gasteiger partial charge in [-0.1, -0.05) is 214 Å². The Kier molecular flexibility index (Phi) is 8.93. The zero-order valence-electron chi connectivity index (χ0n) is 39.1. The molecule has 1 aliphatic heterocycles. The van der Waals surface area contributed by atoms with Crippen LogP contribution in [0.15, 0.2) is 259 Å². The largest absolute Gasteiger partial charge is 0.456 e. The number of hydrogen-bond donors (Lipinski definition) is 0. The average Bonchev–Trinajstić information content (AvgIpc) is 4.06. The summed E-state index contributed by atoms with van der Waals surface area (Å²) in [5, 5.41) is 2.25. The van der Waals surface area contributed by atoms with Crippen molar-refractivity contribution in [3.8, 4) is 16.9 Å². The lowest BCUT2D eigenvalue weighted by molar-refractivity contribution is 0.384. The van der Waals surface area contributed by atoms with Gasteiger partial charge in [0, 0.05) is 38.9 Å². The number of para-hydroxylation sites is 2. The topological polar surface area (TPSA) is 15.7 Å². The van der Waals surface area contributed by atoms with Gasteiger partial charge in [-0.15, -0.1) is 0 Å². The molecule has 0 fully saturated rings. The summed E-state index contributed by atoms with van der Waals surface area (Å²) in [5.41, 5.74) is 23.3. The first-order valence-corrected chi connectivity index (χ1v) is 24.5. The lowest BCUT2D eigenvalue weighted by Crippen LogP contribution is -2.37. The second-order valence-electron chi connectivity index (χ2n) is 19.6. The van der Waals surface area contributed by atoms with Crippen LogP contribution in [-0.2, 0) is 10.8 Å². The Morgan fingerprint density at radius 2 is 1.11 bits per heavy atom. The fraction of sp³-hybridized carbons (Fsp3) is 0.0896. The molecule has 9 aromatic carbocycles. The molecular formula is C67H48N2O. The van der Waals surface area contributed by atoms with Gasteiger partial charge >= 0.3 is 0 Å². The van der Waals surface area contributed by atoms with Gasteiger partial charge in [0.1, 0.15) is 5.76 Å². The van der Waals surface area contributed by atoms with E-state index in [4.69, 9.17) is 4.74 Å². The highest BCUT2D eigenvalue weighted by atomic mass is 16.5. The quantitative estimate of drug-likeness (QED) is 0.141. The van der Waals surface area contributed by atoms with E-state index in [0.717, 1.165) is 68.3 Å². The van der Waals surface area contributed by atoms with E-state index < -0.39 is 5.41 Å². The smallest absolute Gasteiger partial charge is 0.159 e. The molecule has 14 rings (SSSR count). The Labute approximate surface area is 409 Å². The van der Waals surface area contributed by atoms with E-state index in [1.807, 2.05) is 0 Å². The molecule has 9 aromatic rings. The molecule has 0 aromatic heterocycles. The number of ether oxygens (including phenoxy) is 1. The SMILES string of the molecule is CC1(C)C2=CC(N(c3cccc4c3-c3ccccc3C4(c3ccccc3)c3ccccc3)c3ccc4cccc5c4c3OC3=C5C=CCC3N(c3ccccc3)c3ccccc3)=C=C2c2ccccc21. The lowest BCUT2D eigenvalue weighted by atomic mass is 9.68. The first kappa shape index (κ1) is 40.4. The molecule has 3 heteroatoms. The molecule has 3 nitrogen and oxygen atoms in total. The van der Waals surface area contributed by atoms with Crippen molar-refractivity contribution in [3.05, 3.63) is 298 Å². The highest BCUT2D eigenvalue weighted by Crippen LogP contribution is 2.61. The zero-order valence-corrected chi connectivity index (χ0v) is 39.1. The monoisotopic (exact) mass is 896 g/mol. The Morgan fingerprint density at radius 1 is 0.529 bits per heavy atom. The summed E-state index contributed by atoms with van der Waals surface area (Å²) in [4.78, 5) is 4.93. The van der Waals surface area contributed by atoms with E-state index >= 15 is 0 Å². The molecule has 1 heterocycles. The van der Waals surface area contributed by atoms with Crippen LogP contribution in [0.1, 0.15) is 59.2 Å². The number of benzene rings is 9. The molecule has 0 saturated carbocycles. The van der Waals surface area contributed by atoms with Gasteiger partial charge in [0.2, 0.25) is 0 Å². The number of rotatable bonds is 8. The van der Waals surface area contributed by atoms with Crippen LogP contribution < -0.4 is 14.5 Å². The summed E-state index contributed by atoms with van der Waals surface area (Å²) >= 11 is 0. The summed E-state index contributed by atoms with van der Waals surface area (Å²) < 4.78 is 7.77. The van der Waals surface area contributed by atoms with Crippen molar-refractivity contribution >= 4 is 44.7 Å². The van der Waals surface area contributed by atoms with Crippen molar-refractivity contribution in [2.45, 2.75) is 37.1 Å². The molecule has 0 radical (unpaired) electrons. The molecule has 4 aliphatic carbocycles. The third kappa shape index (κ3) is 5.70. The van der Waals surface area contributed by atoms with Crippen LogP contribution in [0.4, 0.5) is 22.7 Å². The molecule has 0 spiro atoms. The highest BCUT2D eigenvalue weighted by Gasteiger charge is 2.48. The maximum Gasteiger partial charge on any atom is 0.159 e. The van der Waals surface area contributed by atoms with Gasteiger partial charge in [0.15, 0.2) is 5.75 Å². The minimum Gasteiger partial charge on any atom is -0.456 e. The first-order chi connectivity index (χ1) is 34.5. The Morgan fingerprint density at radius 3 is 1.81 bits per heavy atom. The van der Waals surface area contributed by atoms with Crippen LogP contribution in [0.2, 0.25) is 0 Å². The molecule has 0 N–H and O–H groups in total. The van der Waals surface area contributed by atoms with Crippen LogP contribution in [0.5, 0.6) is 5.75 Å². The minimum absolute atomic E-state index is 0.119. The summed E-state index contributed by atoms with van der Waals surface area (Å²) in [6, 6.07) is 79.7. The van der Waals surface area contributed by atoms with Crippen molar-refractivity contribution in [2.75, 3.05) is 9.80 Å². The second-order valence-corrected chi connectivity index (χ2v) is 19.6. The van der Waals surface area contributed by atoms with Gasteiger partial charge in [-0.05, 0) is 104 Å². The number of hydrogen-bond acceptors (Lipinski definition) is 3. The van der Waals surface area contributed by atoms with E-state index in [9.17, 15) is 0 Å². The van der Waals surface area contributed by atoms with E-state index in [1.165, 1.54) is 55.6 Å². The average molecular weight is 897 g/mol. The Balaban J connectivity index is 1.05. The highest BCUT2D eigenvalue weighted by molar-refractivity contribution is 6.08. The van der Waals surface area contributed by atoms with Crippen LogP contribution in [-0.4, -0.2) is 6.04 Å². The maximum atomic E-state index is 7.77. The third-order valence-corrected chi connectivity index (χ3v) is 15.6. The Bertz CT molecular complexity index is 3700. The van der Waals surface area contributed by atoms with Gasteiger partial charge in [-0.25, -0.2) is 0 Å². The first-order valence-electron chi connectivity index (χ1n) is 24.5. The number of nitrogens with zero attached hydrogens (tertiary/aromatic N) is 2. The van der Waals surface area contributed by atoms with Gasteiger partial charge in [-0.2, -0.15) is 0 Å². The van der Waals surface area contributed by atoms with E-state index in [-0.39, 0.29) is 11.5 Å². The Hall–Kier alpha value is -8.62. The normalized spacial score (nSPS) is 17.1. The van der Waals surface area contributed by atoms with Crippen molar-refractivity contribution in [1.29, 1.82) is 0 Å². The number of anilines is 4. The summed E-state index contributed by atoms with van der Waals surface area (Å²) in [6.07, 6.45) is 7.79. The van der Waals surface area contributed by atoms with Crippen molar-refractivity contribution < 1.29 is 4.74 Å². The van der Waals surface area contributed by atoms with E-state index in [0.29, 0.717) is 0 Å². The summed E-state index contributed by atoms with van der Waals surface area (Å²) in [6.45, 7) is 4.71. The molecule has 332 valence electrons.